The van der Waals surface area contributed by atoms with Crippen molar-refractivity contribution in [2.45, 2.75) is 50.9 Å². The van der Waals surface area contributed by atoms with Gasteiger partial charge in [-0.05, 0) is 32.9 Å². The van der Waals surface area contributed by atoms with Gasteiger partial charge in [-0.15, -0.1) is 0 Å². The lowest BCUT2D eigenvalue weighted by atomic mass is 9.66. The Labute approximate surface area is 232 Å². The van der Waals surface area contributed by atoms with Crippen molar-refractivity contribution in [3.05, 3.63) is 53.2 Å². The second kappa shape index (κ2) is 8.98. The average molecular weight is 542 g/mol. The van der Waals surface area contributed by atoms with Gasteiger partial charge in [-0.1, -0.05) is 24.3 Å². The highest BCUT2D eigenvalue weighted by atomic mass is 16.6. The van der Waals surface area contributed by atoms with Crippen LogP contribution in [0.2, 0.25) is 0 Å². The third kappa shape index (κ3) is 3.54. The maximum Gasteiger partial charge on any atom is 0.240 e. The Morgan fingerprint density at radius 1 is 1.12 bits per heavy atom. The number of nitriles is 1. The molecule has 4 heterocycles. The smallest absolute Gasteiger partial charge is 0.240 e. The number of fused-ring (bicyclic) bond motifs is 6. The zero-order chi connectivity index (χ0) is 28.6. The number of ether oxygens (including phenoxy) is 2. The fraction of sp³-hybridized carbons (Fsp3) is 0.433. The molecule has 3 aromatic rings. The maximum atomic E-state index is 14.1. The first-order chi connectivity index (χ1) is 19.0. The van der Waals surface area contributed by atoms with Gasteiger partial charge >= 0.3 is 0 Å². The number of anilines is 2. The van der Waals surface area contributed by atoms with E-state index < -0.39 is 35.0 Å². The summed E-state index contributed by atoms with van der Waals surface area (Å²) in [5, 5.41) is 22.0. The Morgan fingerprint density at radius 2 is 1.82 bits per heavy atom. The minimum atomic E-state index is -1.20. The Bertz CT molecular complexity index is 1620. The molecule has 2 bridgehead atoms. The lowest BCUT2D eigenvalue weighted by molar-refractivity contribution is -0.134. The van der Waals surface area contributed by atoms with Crippen molar-refractivity contribution < 1.29 is 24.2 Å². The van der Waals surface area contributed by atoms with Crippen LogP contribution in [-0.4, -0.2) is 64.9 Å². The van der Waals surface area contributed by atoms with Crippen molar-refractivity contribution in [1.82, 2.24) is 9.97 Å². The highest BCUT2D eigenvalue weighted by Crippen LogP contribution is 2.62. The van der Waals surface area contributed by atoms with Crippen molar-refractivity contribution in [2.75, 3.05) is 30.5 Å². The van der Waals surface area contributed by atoms with Gasteiger partial charge < -0.3 is 19.5 Å². The number of aliphatic hydroxyl groups excluding tert-OH is 1. The SMILES string of the molecule is Cc1nc(N(C)C)nc(OCC[C@]23C[C@H](O)[C@](C)(O2)[C@@H]2C(=O)N(c4ccc(C#N)c5ccccc45)C(=O)[C@@H]23)c1C. The summed E-state index contributed by atoms with van der Waals surface area (Å²) >= 11 is 0. The van der Waals surface area contributed by atoms with E-state index in [1.165, 1.54) is 4.90 Å². The lowest BCUT2D eigenvalue weighted by Crippen LogP contribution is -2.49. The van der Waals surface area contributed by atoms with Crippen LogP contribution in [0.15, 0.2) is 36.4 Å². The molecule has 1 aromatic heterocycles. The third-order valence-electron chi connectivity index (χ3n) is 8.87. The van der Waals surface area contributed by atoms with E-state index in [0.717, 1.165) is 11.3 Å². The maximum absolute atomic E-state index is 14.1. The van der Waals surface area contributed by atoms with Crippen LogP contribution in [0.4, 0.5) is 11.6 Å². The van der Waals surface area contributed by atoms with Crippen LogP contribution < -0.4 is 14.5 Å². The van der Waals surface area contributed by atoms with Gasteiger partial charge in [0.15, 0.2) is 0 Å². The molecule has 6 rings (SSSR count). The zero-order valence-corrected chi connectivity index (χ0v) is 23.1. The summed E-state index contributed by atoms with van der Waals surface area (Å²) in [6.45, 7) is 5.68. The summed E-state index contributed by atoms with van der Waals surface area (Å²) < 4.78 is 12.6. The van der Waals surface area contributed by atoms with E-state index in [-0.39, 0.29) is 18.9 Å². The molecular weight excluding hydrogens is 510 g/mol. The largest absolute Gasteiger partial charge is 0.477 e. The molecule has 1 N–H and O–H groups in total. The number of aromatic nitrogens is 2. The van der Waals surface area contributed by atoms with Gasteiger partial charge in [-0.2, -0.15) is 10.2 Å². The summed E-state index contributed by atoms with van der Waals surface area (Å²) in [6, 6.07) is 12.7. The Balaban J connectivity index is 1.33. The highest BCUT2D eigenvalue weighted by molar-refractivity contribution is 6.26. The van der Waals surface area contributed by atoms with Gasteiger partial charge in [0.1, 0.15) is 5.60 Å². The van der Waals surface area contributed by atoms with Crippen LogP contribution in [0.1, 0.15) is 36.6 Å². The molecule has 3 saturated heterocycles. The number of benzene rings is 2. The van der Waals surface area contributed by atoms with Gasteiger partial charge in [0.25, 0.3) is 0 Å². The van der Waals surface area contributed by atoms with Crippen LogP contribution in [0.25, 0.3) is 10.8 Å². The number of aryl methyl sites for hydroxylation is 1. The van der Waals surface area contributed by atoms with Crippen LogP contribution in [0.3, 0.4) is 0 Å². The third-order valence-corrected chi connectivity index (χ3v) is 8.87. The second-order valence-electron chi connectivity index (χ2n) is 11.4. The predicted octanol–water partition coefficient (Wildman–Crippen LogP) is 3.05. The Hall–Kier alpha value is -4.07. The van der Waals surface area contributed by atoms with Crippen molar-refractivity contribution in [3.63, 3.8) is 0 Å². The second-order valence-corrected chi connectivity index (χ2v) is 11.4. The summed E-state index contributed by atoms with van der Waals surface area (Å²) in [4.78, 5) is 40.1. The fourth-order valence-electron chi connectivity index (χ4n) is 6.69. The summed E-state index contributed by atoms with van der Waals surface area (Å²) in [5.74, 6) is -1.38. The van der Waals surface area contributed by atoms with Gasteiger partial charge in [0.2, 0.25) is 23.6 Å². The minimum absolute atomic E-state index is 0.178. The predicted molar refractivity (Wildman–Crippen MR) is 147 cm³/mol. The van der Waals surface area contributed by atoms with Gasteiger partial charge in [-0.3, -0.25) is 9.59 Å². The normalized spacial score (nSPS) is 28.7. The van der Waals surface area contributed by atoms with Gasteiger partial charge in [0.05, 0.1) is 47.5 Å². The van der Waals surface area contributed by atoms with E-state index in [1.807, 2.05) is 40.1 Å². The highest BCUT2D eigenvalue weighted by Gasteiger charge is 2.77. The number of carbonyl (C=O) groups is 2. The number of amides is 2. The molecule has 40 heavy (non-hydrogen) atoms. The standard InChI is InChI=1S/C30H31N5O5/c1-16-17(2)32-28(34(4)5)33-25(16)39-13-12-30-14-22(36)29(3,40-30)23-24(30)27(38)35(26(23)37)21-11-10-18(15-31)19-8-6-7-9-20(19)21/h6-11,22-24,36H,12-14H2,1-5H3/t22-,23-,24+,29-,30+/m0/s1. The monoisotopic (exact) mass is 541 g/mol. The van der Waals surface area contributed by atoms with Crippen molar-refractivity contribution in [2.24, 2.45) is 11.8 Å². The molecule has 206 valence electrons. The summed E-state index contributed by atoms with van der Waals surface area (Å²) in [5.41, 5.74) is 0.249. The van der Waals surface area contributed by atoms with E-state index in [2.05, 4.69) is 16.0 Å². The molecule has 2 amide bonds. The molecule has 3 aliphatic rings. The lowest BCUT2D eigenvalue weighted by Gasteiger charge is -2.33. The van der Waals surface area contributed by atoms with Crippen LogP contribution >= 0.6 is 0 Å². The van der Waals surface area contributed by atoms with Crippen LogP contribution in [0.5, 0.6) is 5.88 Å². The molecule has 5 atom stereocenters. The molecule has 3 fully saturated rings. The van der Waals surface area contributed by atoms with E-state index in [1.54, 1.807) is 36.1 Å². The number of rotatable bonds is 6. The molecule has 0 spiro atoms. The van der Waals surface area contributed by atoms with Crippen molar-refractivity contribution in [3.8, 4) is 11.9 Å². The number of hydrogen-bond acceptors (Lipinski definition) is 9. The number of nitrogens with zero attached hydrogens (tertiary/aromatic N) is 5. The minimum Gasteiger partial charge on any atom is -0.477 e. The summed E-state index contributed by atoms with van der Waals surface area (Å²) in [7, 11) is 3.71. The number of aliphatic hydroxyl groups is 1. The number of carbonyl (C=O) groups excluding carboxylic acids is 2. The summed E-state index contributed by atoms with van der Waals surface area (Å²) in [6.07, 6.45) is -0.395. The topological polar surface area (TPSA) is 129 Å². The first kappa shape index (κ1) is 26.2. The molecule has 0 radical (unpaired) electrons. The first-order valence-corrected chi connectivity index (χ1v) is 13.4. The Kier molecular flexibility index (Phi) is 5.87. The molecule has 10 heteroatoms. The average Bonchev–Trinajstić information content (AvgIpc) is 3.46. The first-order valence-electron chi connectivity index (χ1n) is 13.4. The van der Waals surface area contributed by atoms with E-state index in [9.17, 15) is 20.0 Å². The van der Waals surface area contributed by atoms with E-state index in [0.29, 0.717) is 40.3 Å². The molecule has 0 unspecified atom stereocenters. The number of imide groups is 1. The van der Waals surface area contributed by atoms with Gasteiger partial charge in [0, 0.05) is 49.0 Å². The zero-order valence-electron chi connectivity index (χ0n) is 23.1. The van der Waals surface area contributed by atoms with E-state index >= 15 is 0 Å². The van der Waals surface area contributed by atoms with E-state index in [4.69, 9.17) is 9.47 Å². The van der Waals surface area contributed by atoms with Crippen molar-refractivity contribution >= 4 is 34.2 Å². The van der Waals surface area contributed by atoms with Crippen molar-refractivity contribution in [1.29, 1.82) is 5.26 Å². The molecule has 0 aliphatic carbocycles. The van der Waals surface area contributed by atoms with Crippen LogP contribution in [-0.2, 0) is 14.3 Å². The molecule has 3 aliphatic heterocycles. The van der Waals surface area contributed by atoms with Gasteiger partial charge in [-0.25, -0.2) is 9.88 Å². The fourth-order valence-corrected chi connectivity index (χ4v) is 6.69. The van der Waals surface area contributed by atoms with Crippen LogP contribution in [0, 0.1) is 37.0 Å². The molecule has 10 nitrogen and oxygen atoms in total. The quantitative estimate of drug-likeness (QED) is 0.468. The number of hydrogen-bond donors (Lipinski definition) is 1. The molecule has 2 aromatic carbocycles. The Morgan fingerprint density at radius 3 is 2.52 bits per heavy atom. The molecule has 0 saturated carbocycles. The molecular formula is C30H31N5O5.